The maximum absolute atomic E-state index is 4.68. The predicted octanol–water partition coefficient (Wildman–Crippen LogP) is 0.697. The summed E-state index contributed by atoms with van der Waals surface area (Å²) in [5.41, 5.74) is 1.26. The lowest BCUT2D eigenvalue weighted by molar-refractivity contribution is 0.312. The summed E-state index contributed by atoms with van der Waals surface area (Å²) in [5, 5.41) is 8.31. The molecule has 2 aromatic heterocycles. The fourth-order valence-corrected chi connectivity index (χ4v) is 2.58. The minimum Gasteiger partial charge on any atom is -0.353 e. The van der Waals surface area contributed by atoms with Crippen molar-refractivity contribution in [2.45, 2.75) is 6.42 Å². The van der Waals surface area contributed by atoms with Gasteiger partial charge < -0.3 is 14.7 Å². The first-order valence-electron chi connectivity index (χ1n) is 7.95. The van der Waals surface area contributed by atoms with E-state index in [1.54, 1.807) is 6.20 Å². The molecule has 2 aromatic rings. The van der Waals surface area contributed by atoms with E-state index in [9.17, 15) is 0 Å². The van der Waals surface area contributed by atoms with Gasteiger partial charge >= 0.3 is 0 Å². The molecule has 0 radical (unpaired) electrons. The Bertz CT molecular complexity index is 611. The van der Waals surface area contributed by atoms with Gasteiger partial charge in [-0.15, -0.1) is 5.10 Å². The largest absolute Gasteiger partial charge is 0.353 e. The number of piperazine rings is 1. The summed E-state index contributed by atoms with van der Waals surface area (Å²) in [6, 6.07) is 4.07. The Morgan fingerprint density at radius 2 is 1.87 bits per heavy atom. The Morgan fingerprint density at radius 1 is 1.13 bits per heavy atom. The molecule has 0 aliphatic carbocycles. The van der Waals surface area contributed by atoms with Crippen molar-refractivity contribution in [2.75, 3.05) is 56.6 Å². The van der Waals surface area contributed by atoms with Crippen LogP contribution in [0.1, 0.15) is 5.56 Å². The zero-order valence-electron chi connectivity index (χ0n) is 13.8. The molecule has 0 unspecified atom stereocenters. The predicted molar refractivity (Wildman–Crippen MR) is 90.7 cm³/mol. The molecule has 23 heavy (non-hydrogen) atoms. The van der Waals surface area contributed by atoms with E-state index in [2.05, 4.69) is 37.0 Å². The molecule has 3 heterocycles. The van der Waals surface area contributed by atoms with Crippen LogP contribution in [0.25, 0.3) is 0 Å². The summed E-state index contributed by atoms with van der Waals surface area (Å²) in [7, 11) is 4.15. The molecule has 1 aliphatic rings. The van der Waals surface area contributed by atoms with Crippen molar-refractivity contribution in [3.05, 3.63) is 36.3 Å². The lowest BCUT2D eigenvalue weighted by atomic mass is 10.2. The van der Waals surface area contributed by atoms with Gasteiger partial charge in [0, 0.05) is 52.2 Å². The number of likely N-dealkylation sites (N-methyl/N-ethyl adjacent to an activating group) is 2. The van der Waals surface area contributed by atoms with Crippen molar-refractivity contribution < 1.29 is 0 Å². The van der Waals surface area contributed by atoms with Gasteiger partial charge in [0.1, 0.15) is 0 Å². The van der Waals surface area contributed by atoms with Gasteiger partial charge in [0.2, 0.25) is 5.95 Å². The molecule has 1 aliphatic heterocycles. The number of hydrogen-bond donors (Lipinski definition) is 0. The zero-order valence-corrected chi connectivity index (χ0v) is 13.8. The van der Waals surface area contributed by atoms with Gasteiger partial charge in [0.25, 0.3) is 0 Å². The van der Waals surface area contributed by atoms with Crippen LogP contribution in [0.5, 0.6) is 0 Å². The van der Waals surface area contributed by atoms with E-state index < -0.39 is 0 Å². The molecule has 0 aromatic carbocycles. The molecule has 0 N–H and O–H groups in total. The van der Waals surface area contributed by atoms with Crippen molar-refractivity contribution in [3.8, 4) is 0 Å². The van der Waals surface area contributed by atoms with Crippen molar-refractivity contribution in [2.24, 2.45) is 0 Å². The van der Waals surface area contributed by atoms with E-state index in [1.165, 1.54) is 5.56 Å². The molecule has 7 heteroatoms. The summed E-state index contributed by atoms with van der Waals surface area (Å²) >= 11 is 0. The van der Waals surface area contributed by atoms with Crippen LogP contribution in [-0.2, 0) is 6.42 Å². The molecule has 1 saturated heterocycles. The van der Waals surface area contributed by atoms with Crippen LogP contribution >= 0.6 is 0 Å². The van der Waals surface area contributed by atoms with Gasteiger partial charge in [-0.1, -0.05) is 0 Å². The summed E-state index contributed by atoms with van der Waals surface area (Å²) in [5.74, 6) is 1.59. The number of nitrogens with zero attached hydrogens (tertiary/aromatic N) is 7. The van der Waals surface area contributed by atoms with Crippen LogP contribution in [0.2, 0.25) is 0 Å². The Kier molecular flexibility index (Phi) is 4.97. The fraction of sp³-hybridized carbons (Fsp3) is 0.500. The number of rotatable bonds is 5. The number of aromatic nitrogens is 4. The molecular weight excluding hydrogens is 290 g/mol. The second kappa shape index (κ2) is 7.32. The Morgan fingerprint density at radius 3 is 2.61 bits per heavy atom. The Hall–Kier alpha value is -2.28. The summed E-state index contributed by atoms with van der Waals surface area (Å²) in [6.07, 6.45) is 6.33. The highest BCUT2D eigenvalue weighted by Gasteiger charge is 2.17. The SMILES string of the molecule is CN1CCN(c2cnnc(N(C)CCc3ccncc3)n2)CC1. The average molecular weight is 313 g/mol. The molecule has 122 valence electrons. The Balaban J connectivity index is 1.62. The van der Waals surface area contributed by atoms with Crippen LogP contribution in [0, 0.1) is 0 Å². The van der Waals surface area contributed by atoms with Gasteiger partial charge in [0.15, 0.2) is 5.82 Å². The zero-order chi connectivity index (χ0) is 16.1. The highest BCUT2D eigenvalue weighted by Crippen LogP contribution is 2.15. The number of hydrogen-bond acceptors (Lipinski definition) is 7. The first-order valence-corrected chi connectivity index (χ1v) is 7.95. The van der Waals surface area contributed by atoms with Gasteiger partial charge in [-0.3, -0.25) is 4.98 Å². The molecule has 0 saturated carbocycles. The first-order chi connectivity index (χ1) is 11.2. The molecule has 0 bridgehead atoms. The van der Waals surface area contributed by atoms with Crippen molar-refractivity contribution in [1.82, 2.24) is 25.1 Å². The van der Waals surface area contributed by atoms with Gasteiger partial charge in [-0.05, 0) is 31.2 Å². The minimum absolute atomic E-state index is 0.676. The van der Waals surface area contributed by atoms with Crippen LogP contribution in [0.4, 0.5) is 11.8 Å². The molecule has 0 amide bonds. The normalized spacial score (nSPS) is 15.7. The van der Waals surface area contributed by atoms with E-state index in [1.807, 2.05) is 36.5 Å². The summed E-state index contributed by atoms with van der Waals surface area (Å²) in [4.78, 5) is 15.4. The maximum Gasteiger partial charge on any atom is 0.247 e. The third kappa shape index (κ3) is 4.13. The molecule has 3 rings (SSSR count). The van der Waals surface area contributed by atoms with E-state index in [-0.39, 0.29) is 0 Å². The molecule has 1 fully saturated rings. The highest BCUT2D eigenvalue weighted by atomic mass is 15.4. The lowest BCUT2D eigenvalue weighted by Crippen LogP contribution is -2.45. The van der Waals surface area contributed by atoms with Crippen molar-refractivity contribution in [1.29, 1.82) is 0 Å². The summed E-state index contributed by atoms with van der Waals surface area (Å²) < 4.78 is 0. The van der Waals surface area contributed by atoms with Crippen molar-refractivity contribution in [3.63, 3.8) is 0 Å². The van der Waals surface area contributed by atoms with E-state index in [4.69, 9.17) is 0 Å². The second-order valence-electron chi connectivity index (χ2n) is 5.93. The van der Waals surface area contributed by atoms with Gasteiger partial charge in [-0.25, -0.2) is 0 Å². The average Bonchev–Trinajstić information content (AvgIpc) is 2.61. The molecular formula is C16H23N7. The van der Waals surface area contributed by atoms with Crippen LogP contribution in [-0.4, -0.2) is 71.9 Å². The quantitative estimate of drug-likeness (QED) is 0.805. The van der Waals surface area contributed by atoms with E-state index >= 15 is 0 Å². The highest BCUT2D eigenvalue weighted by molar-refractivity contribution is 5.41. The molecule has 0 atom stereocenters. The van der Waals surface area contributed by atoms with Crippen LogP contribution in [0.3, 0.4) is 0 Å². The molecule has 7 nitrogen and oxygen atoms in total. The second-order valence-corrected chi connectivity index (χ2v) is 5.93. The van der Waals surface area contributed by atoms with Crippen molar-refractivity contribution >= 4 is 11.8 Å². The fourth-order valence-electron chi connectivity index (χ4n) is 2.58. The maximum atomic E-state index is 4.68. The number of pyridine rings is 1. The Labute approximate surface area is 137 Å². The van der Waals surface area contributed by atoms with Gasteiger partial charge in [-0.2, -0.15) is 10.1 Å². The van der Waals surface area contributed by atoms with Crippen LogP contribution < -0.4 is 9.80 Å². The minimum atomic E-state index is 0.676. The lowest BCUT2D eigenvalue weighted by Gasteiger charge is -2.33. The molecule has 0 spiro atoms. The standard InChI is InChI=1S/C16H23N7/c1-21-9-11-23(12-10-21)15-13-18-20-16(19-15)22(2)8-5-14-3-6-17-7-4-14/h3-4,6-7,13H,5,8-12H2,1-2H3. The third-order valence-corrected chi connectivity index (χ3v) is 4.19. The van der Waals surface area contributed by atoms with E-state index in [0.29, 0.717) is 5.95 Å². The van der Waals surface area contributed by atoms with Gasteiger partial charge in [0.05, 0.1) is 6.20 Å². The summed E-state index contributed by atoms with van der Waals surface area (Å²) in [6.45, 7) is 4.91. The number of anilines is 2. The topological polar surface area (TPSA) is 61.3 Å². The monoisotopic (exact) mass is 313 g/mol. The third-order valence-electron chi connectivity index (χ3n) is 4.19. The van der Waals surface area contributed by atoms with Crippen LogP contribution in [0.15, 0.2) is 30.7 Å². The smallest absolute Gasteiger partial charge is 0.247 e. The first kappa shape index (κ1) is 15.6. The van der Waals surface area contributed by atoms with E-state index in [0.717, 1.165) is 45.0 Å².